The van der Waals surface area contributed by atoms with E-state index in [1.807, 2.05) is 6.07 Å². The zero-order chi connectivity index (χ0) is 21.3. The number of fused-ring (bicyclic) bond motifs is 1. The standard InChI is InChI=1S/C23H18FN3O3/c1-14-25-19-6-4-3-5-18(19)23(29)27(14)17-11-12-20(21(13-17)30-2)26-22(28)15-7-9-16(24)10-8-15/h3-13H,1-2H3,(H,26,28). The van der Waals surface area contributed by atoms with Crippen molar-refractivity contribution in [2.24, 2.45) is 0 Å². The molecule has 4 aromatic rings. The van der Waals surface area contributed by atoms with Crippen LogP contribution in [0.15, 0.2) is 71.5 Å². The Bertz CT molecular complexity index is 1310. The number of nitrogens with one attached hydrogen (secondary N) is 1. The van der Waals surface area contributed by atoms with E-state index in [9.17, 15) is 14.0 Å². The maximum atomic E-state index is 13.1. The van der Waals surface area contributed by atoms with Crippen molar-refractivity contribution in [3.63, 3.8) is 0 Å². The minimum Gasteiger partial charge on any atom is -0.494 e. The van der Waals surface area contributed by atoms with Gasteiger partial charge in [-0.15, -0.1) is 0 Å². The predicted molar refractivity (Wildman–Crippen MR) is 113 cm³/mol. The zero-order valence-corrected chi connectivity index (χ0v) is 16.3. The van der Waals surface area contributed by atoms with Crippen LogP contribution < -0.4 is 15.6 Å². The maximum absolute atomic E-state index is 13.1. The van der Waals surface area contributed by atoms with E-state index in [0.29, 0.717) is 39.4 Å². The van der Waals surface area contributed by atoms with Crippen molar-refractivity contribution >= 4 is 22.5 Å². The van der Waals surface area contributed by atoms with E-state index < -0.39 is 11.7 Å². The molecule has 0 unspecified atom stereocenters. The molecule has 0 aliphatic heterocycles. The first kappa shape index (κ1) is 19.3. The number of nitrogens with zero attached hydrogens (tertiary/aromatic N) is 2. The lowest BCUT2D eigenvalue weighted by Gasteiger charge is -2.15. The smallest absolute Gasteiger partial charge is 0.265 e. The highest BCUT2D eigenvalue weighted by Gasteiger charge is 2.14. The van der Waals surface area contributed by atoms with Crippen LogP contribution in [-0.4, -0.2) is 22.6 Å². The average molecular weight is 403 g/mol. The van der Waals surface area contributed by atoms with Crippen LogP contribution in [0.5, 0.6) is 5.75 Å². The first-order valence-corrected chi connectivity index (χ1v) is 9.21. The molecule has 0 saturated heterocycles. The Morgan fingerprint density at radius 1 is 1.07 bits per heavy atom. The number of methoxy groups -OCH3 is 1. The van der Waals surface area contributed by atoms with Gasteiger partial charge in [0.1, 0.15) is 17.4 Å². The molecule has 0 spiro atoms. The lowest BCUT2D eigenvalue weighted by atomic mass is 10.2. The molecule has 1 amide bonds. The van der Waals surface area contributed by atoms with E-state index in [1.165, 1.54) is 35.9 Å². The van der Waals surface area contributed by atoms with E-state index in [1.54, 1.807) is 43.3 Å². The molecular weight excluding hydrogens is 385 g/mol. The number of carbonyl (C=O) groups is 1. The van der Waals surface area contributed by atoms with E-state index >= 15 is 0 Å². The van der Waals surface area contributed by atoms with Crippen LogP contribution in [0.4, 0.5) is 10.1 Å². The number of amides is 1. The fourth-order valence-electron chi connectivity index (χ4n) is 3.27. The number of anilines is 1. The number of ether oxygens (including phenoxy) is 1. The van der Waals surface area contributed by atoms with Crippen LogP contribution in [0.2, 0.25) is 0 Å². The average Bonchev–Trinajstić information content (AvgIpc) is 2.75. The Kier molecular flexibility index (Phi) is 5.02. The number of halogens is 1. The van der Waals surface area contributed by atoms with Gasteiger partial charge < -0.3 is 10.1 Å². The number of hydrogen-bond acceptors (Lipinski definition) is 4. The summed E-state index contributed by atoms with van der Waals surface area (Å²) >= 11 is 0. The van der Waals surface area contributed by atoms with Gasteiger partial charge in [-0.05, 0) is 55.5 Å². The topological polar surface area (TPSA) is 73.2 Å². The van der Waals surface area contributed by atoms with E-state index in [0.717, 1.165) is 0 Å². The lowest BCUT2D eigenvalue weighted by Crippen LogP contribution is -2.22. The second-order valence-corrected chi connectivity index (χ2v) is 6.66. The van der Waals surface area contributed by atoms with E-state index in [4.69, 9.17) is 4.74 Å². The van der Waals surface area contributed by atoms with Gasteiger partial charge in [0.05, 0.1) is 29.4 Å². The third-order valence-electron chi connectivity index (χ3n) is 4.74. The fraction of sp³-hybridized carbons (Fsp3) is 0.0870. The molecule has 0 aliphatic rings. The van der Waals surface area contributed by atoms with Crippen molar-refractivity contribution in [2.75, 3.05) is 12.4 Å². The van der Waals surface area contributed by atoms with Gasteiger partial charge in [-0.2, -0.15) is 0 Å². The molecule has 0 bridgehead atoms. The first-order chi connectivity index (χ1) is 14.5. The maximum Gasteiger partial charge on any atom is 0.265 e. The van der Waals surface area contributed by atoms with Crippen LogP contribution in [0.25, 0.3) is 16.6 Å². The van der Waals surface area contributed by atoms with Crippen LogP contribution >= 0.6 is 0 Å². The van der Waals surface area contributed by atoms with Crippen molar-refractivity contribution in [3.8, 4) is 11.4 Å². The number of benzene rings is 3. The SMILES string of the molecule is COc1cc(-n2c(C)nc3ccccc3c2=O)ccc1NC(=O)c1ccc(F)cc1. The molecule has 0 aliphatic carbocycles. The highest BCUT2D eigenvalue weighted by atomic mass is 19.1. The van der Waals surface area contributed by atoms with E-state index in [2.05, 4.69) is 10.3 Å². The number of aromatic nitrogens is 2. The second-order valence-electron chi connectivity index (χ2n) is 6.66. The Morgan fingerprint density at radius 3 is 2.53 bits per heavy atom. The number of rotatable bonds is 4. The molecule has 1 aromatic heterocycles. The number of aryl methyl sites for hydroxylation is 1. The molecule has 7 heteroatoms. The zero-order valence-electron chi connectivity index (χ0n) is 16.3. The van der Waals surface area contributed by atoms with Crippen LogP contribution in [0.1, 0.15) is 16.2 Å². The first-order valence-electron chi connectivity index (χ1n) is 9.21. The monoisotopic (exact) mass is 403 g/mol. The molecule has 0 atom stereocenters. The minimum atomic E-state index is -0.418. The van der Waals surface area contributed by atoms with Gasteiger partial charge in [-0.3, -0.25) is 14.2 Å². The van der Waals surface area contributed by atoms with Crippen molar-refractivity contribution in [2.45, 2.75) is 6.92 Å². The quantitative estimate of drug-likeness (QED) is 0.557. The Morgan fingerprint density at radius 2 is 1.80 bits per heavy atom. The highest BCUT2D eigenvalue weighted by Crippen LogP contribution is 2.28. The van der Waals surface area contributed by atoms with Crippen molar-refractivity contribution in [1.29, 1.82) is 0 Å². The van der Waals surface area contributed by atoms with Crippen molar-refractivity contribution < 1.29 is 13.9 Å². The van der Waals surface area contributed by atoms with Gasteiger partial charge in [0.25, 0.3) is 11.5 Å². The summed E-state index contributed by atoms with van der Waals surface area (Å²) < 4.78 is 20.0. The third-order valence-corrected chi connectivity index (χ3v) is 4.74. The summed E-state index contributed by atoms with van der Waals surface area (Å²) in [4.78, 5) is 30.0. The van der Waals surface area contributed by atoms with Crippen molar-refractivity contribution in [3.05, 3.63) is 94.3 Å². The molecule has 0 radical (unpaired) electrons. The molecule has 1 heterocycles. The summed E-state index contributed by atoms with van der Waals surface area (Å²) in [7, 11) is 1.47. The van der Waals surface area contributed by atoms with Crippen LogP contribution in [0, 0.1) is 12.7 Å². The normalized spacial score (nSPS) is 10.8. The van der Waals surface area contributed by atoms with Gasteiger partial charge in [0.2, 0.25) is 0 Å². The molecule has 6 nitrogen and oxygen atoms in total. The molecule has 1 N–H and O–H groups in total. The Labute approximate surface area is 171 Å². The Balaban J connectivity index is 1.73. The molecule has 30 heavy (non-hydrogen) atoms. The molecule has 4 rings (SSSR count). The number of carbonyl (C=O) groups excluding carboxylic acids is 1. The summed E-state index contributed by atoms with van der Waals surface area (Å²) in [6.07, 6.45) is 0. The minimum absolute atomic E-state index is 0.191. The second kappa shape index (κ2) is 7.79. The summed E-state index contributed by atoms with van der Waals surface area (Å²) in [5, 5.41) is 3.26. The summed E-state index contributed by atoms with van der Waals surface area (Å²) in [5.41, 5.74) is 1.74. The largest absolute Gasteiger partial charge is 0.494 e. The summed E-state index contributed by atoms with van der Waals surface area (Å²) in [6.45, 7) is 1.75. The molecule has 0 fully saturated rings. The van der Waals surface area contributed by atoms with Gasteiger partial charge in [-0.25, -0.2) is 9.37 Å². The third kappa shape index (κ3) is 3.53. The predicted octanol–water partition coefficient (Wildman–Crippen LogP) is 4.09. The number of hydrogen-bond donors (Lipinski definition) is 1. The van der Waals surface area contributed by atoms with Gasteiger partial charge >= 0.3 is 0 Å². The van der Waals surface area contributed by atoms with Gasteiger partial charge in [-0.1, -0.05) is 12.1 Å². The summed E-state index contributed by atoms with van der Waals surface area (Å²) in [5.74, 6) is 0.0892. The number of para-hydroxylation sites is 1. The fourth-order valence-corrected chi connectivity index (χ4v) is 3.27. The lowest BCUT2D eigenvalue weighted by molar-refractivity contribution is 0.102. The molecule has 0 saturated carbocycles. The molecule has 3 aromatic carbocycles. The van der Waals surface area contributed by atoms with Crippen LogP contribution in [-0.2, 0) is 0 Å². The highest BCUT2D eigenvalue weighted by molar-refractivity contribution is 6.05. The Hall–Kier alpha value is -4.00. The van der Waals surface area contributed by atoms with Crippen LogP contribution in [0.3, 0.4) is 0 Å². The molecular formula is C23H18FN3O3. The van der Waals surface area contributed by atoms with Crippen molar-refractivity contribution in [1.82, 2.24) is 9.55 Å². The summed E-state index contributed by atoms with van der Waals surface area (Å²) in [6, 6.07) is 17.4. The van der Waals surface area contributed by atoms with Gasteiger partial charge in [0, 0.05) is 11.6 Å². The van der Waals surface area contributed by atoms with Gasteiger partial charge in [0.15, 0.2) is 0 Å². The molecule has 150 valence electrons. The van der Waals surface area contributed by atoms with E-state index in [-0.39, 0.29) is 5.56 Å².